The van der Waals surface area contributed by atoms with Gasteiger partial charge in [-0.15, -0.1) is 11.6 Å². The van der Waals surface area contributed by atoms with E-state index in [0.717, 1.165) is 12.2 Å². The first-order chi connectivity index (χ1) is 9.08. The molecule has 2 rings (SSSR count). The molecule has 1 fully saturated rings. The van der Waals surface area contributed by atoms with E-state index in [1.807, 2.05) is 12.1 Å². The maximum Gasteiger partial charge on any atom is 0.178 e. The summed E-state index contributed by atoms with van der Waals surface area (Å²) in [5.41, 5.74) is 0.990. The molecule has 0 amide bonds. The van der Waals surface area contributed by atoms with Crippen LogP contribution in [0.4, 0.5) is 5.69 Å². The molecule has 0 aliphatic carbocycles. The number of anilines is 1. The Bertz CT molecular complexity index is 515. The van der Waals surface area contributed by atoms with Crippen molar-refractivity contribution in [2.75, 3.05) is 36.3 Å². The molecule has 6 heteroatoms. The van der Waals surface area contributed by atoms with E-state index in [0.29, 0.717) is 24.0 Å². The van der Waals surface area contributed by atoms with Gasteiger partial charge in [-0.2, -0.15) is 0 Å². The van der Waals surface area contributed by atoms with E-state index in [-0.39, 0.29) is 11.8 Å². The quantitative estimate of drug-likeness (QED) is 0.797. The number of hydrogen-bond donors (Lipinski definition) is 0. The normalized spacial score (nSPS) is 20.5. The van der Waals surface area contributed by atoms with Crippen molar-refractivity contribution < 1.29 is 13.2 Å². The van der Waals surface area contributed by atoms with Crippen LogP contribution in [0.2, 0.25) is 0 Å². The molecule has 1 aromatic rings. The molecule has 0 N–H and O–H groups in total. The predicted molar refractivity (Wildman–Crippen MR) is 76.8 cm³/mol. The largest absolute Gasteiger partial charge is 0.377 e. The molecule has 106 valence electrons. The molecule has 0 aromatic heterocycles. The summed E-state index contributed by atoms with van der Waals surface area (Å²) < 4.78 is 28.9. The summed E-state index contributed by atoms with van der Waals surface area (Å²) in [5.74, 6) is 0.614. The summed E-state index contributed by atoms with van der Waals surface area (Å²) >= 11 is 5.93. The van der Waals surface area contributed by atoms with Gasteiger partial charge >= 0.3 is 0 Å². The highest BCUT2D eigenvalue weighted by Gasteiger charge is 2.22. The van der Waals surface area contributed by atoms with Crippen LogP contribution in [0.25, 0.3) is 0 Å². The molecule has 0 spiro atoms. The van der Waals surface area contributed by atoms with Crippen molar-refractivity contribution in [2.24, 2.45) is 0 Å². The lowest BCUT2D eigenvalue weighted by Crippen LogP contribution is -2.46. The zero-order valence-corrected chi connectivity index (χ0v) is 12.5. The summed E-state index contributed by atoms with van der Waals surface area (Å²) in [6.07, 6.45) is 0. The minimum atomic E-state index is -3.13. The second-order valence-electron chi connectivity index (χ2n) is 4.47. The van der Waals surface area contributed by atoms with Gasteiger partial charge in [0.15, 0.2) is 9.84 Å². The molecule has 1 aliphatic rings. The fourth-order valence-electron chi connectivity index (χ4n) is 2.13. The van der Waals surface area contributed by atoms with Crippen LogP contribution in [0.15, 0.2) is 29.2 Å². The topological polar surface area (TPSA) is 46.6 Å². The standard InChI is InChI=1S/C13H18ClNO3S/c1-2-19(16,17)13-5-3-11(4-6-13)15-7-8-18-10-12(15)9-14/h3-6,12H,2,7-10H2,1H3. The van der Waals surface area contributed by atoms with E-state index in [9.17, 15) is 8.42 Å². The molecule has 1 atom stereocenters. The first-order valence-corrected chi connectivity index (χ1v) is 8.50. The van der Waals surface area contributed by atoms with Gasteiger partial charge in [-0.1, -0.05) is 6.92 Å². The summed E-state index contributed by atoms with van der Waals surface area (Å²) in [7, 11) is -3.13. The Morgan fingerprint density at radius 2 is 2.05 bits per heavy atom. The minimum absolute atomic E-state index is 0.119. The molecule has 1 saturated heterocycles. The van der Waals surface area contributed by atoms with Crippen LogP contribution >= 0.6 is 11.6 Å². The average molecular weight is 304 g/mol. The highest BCUT2D eigenvalue weighted by molar-refractivity contribution is 7.91. The predicted octanol–water partition coefficient (Wildman–Crippen LogP) is 1.92. The van der Waals surface area contributed by atoms with Crippen molar-refractivity contribution in [3.05, 3.63) is 24.3 Å². The SMILES string of the molecule is CCS(=O)(=O)c1ccc(N2CCOCC2CCl)cc1. The number of hydrogen-bond acceptors (Lipinski definition) is 4. The monoisotopic (exact) mass is 303 g/mol. The van der Waals surface area contributed by atoms with Gasteiger partial charge in [0, 0.05) is 18.1 Å². The minimum Gasteiger partial charge on any atom is -0.377 e. The van der Waals surface area contributed by atoms with Gasteiger partial charge in [0.25, 0.3) is 0 Å². The number of nitrogens with zero attached hydrogens (tertiary/aromatic N) is 1. The van der Waals surface area contributed by atoms with Crippen molar-refractivity contribution in [1.29, 1.82) is 0 Å². The van der Waals surface area contributed by atoms with Crippen molar-refractivity contribution >= 4 is 27.1 Å². The number of rotatable bonds is 4. The molecule has 1 aliphatic heterocycles. The number of benzene rings is 1. The zero-order valence-electron chi connectivity index (χ0n) is 10.9. The highest BCUT2D eigenvalue weighted by atomic mass is 35.5. The Morgan fingerprint density at radius 1 is 1.37 bits per heavy atom. The number of morpholine rings is 1. The van der Waals surface area contributed by atoms with Gasteiger partial charge in [-0.3, -0.25) is 0 Å². The lowest BCUT2D eigenvalue weighted by molar-refractivity contribution is 0.0998. The Labute approximate surface area is 119 Å². The summed E-state index contributed by atoms with van der Waals surface area (Å²) in [4.78, 5) is 2.54. The van der Waals surface area contributed by atoms with Gasteiger partial charge in [-0.25, -0.2) is 8.42 Å². The maximum absolute atomic E-state index is 11.8. The third kappa shape index (κ3) is 3.22. The molecule has 0 bridgehead atoms. The van der Waals surface area contributed by atoms with Crippen molar-refractivity contribution in [3.8, 4) is 0 Å². The van der Waals surface area contributed by atoms with Crippen molar-refractivity contribution in [2.45, 2.75) is 17.9 Å². The fraction of sp³-hybridized carbons (Fsp3) is 0.538. The molecule has 19 heavy (non-hydrogen) atoms. The van der Waals surface area contributed by atoms with E-state index < -0.39 is 9.84 Å². The van der Waals surface area contributed by atoms with Gasteiger partial charge < -0.3 is 9.64 Å². The fourth-order valence-corrected chi connectivity index (χ4v) is 3.27. The summed E-state index contributed by atoms with van der Waals surface area (Å²) in [6, 6.07) is 7.15. The molecule has 4 nitrogen and oxygen atoms in total. The van der Waals surface area contributed by atoms with Crippen LogP contribution in [0.1, 0.15) is 6.92 Å². The van der Waals surface area contributed by atoms with Crippen LogP contribution in [0.3, 0.4) is 0 Å². The molecule has 0 saturated carbocycles. The summed E-state index contributed by atoms with van der Waals surface area (Å²) in [6.45, 7) is 3.70. The second-order valence-corrected chi connectivity index (χ2v) is 7.06. The zero-order chi connectivity index (χ0) is 13.9. The lowest BCUT2D eigenvalue weighted by atomic mass is 10.2. The summed E-state index contributed by atoms with van der Waals surface area (Å²) in [5, 5.41) is 0. The molecule has 0 radical (unpaired) electrons. The first-order valence-electron chi connectivity index (χ1n) is 6.31. The van der Waals surface area contributed by atoms with Gasteiger partial charge in [0.2, 0.25) is 0 Å². The molecule has 1 heterocycles. The second kappa shape index (κ2) is 6.11. The van der Waals surface area contributed by atoms with Crippen LogP contribution in [0, 0.1) is 0 Å². The third-order valence-electron chi connectivity index (χ3n) is 3.31. The number of alkyl halides is 1. The Balaban J connectivity index is 2.22. The van der Waals surface area contributed by atoms with Gasteiger partial charge in [0.05, 0.1) is 29.9 Å². The first kappa shape index (κ1) is 14.6. The molecular weight excluding hydrogens is 286 g/mol. The van der Waals surface area contributed by atoms with E-state index in [4.69, 9.17) is 16.3 Å². The van der Waals surface area contributed by atoms with E-state index in [2.05, 4.69) is 4.90 Å². The Kier molecular flexibility index (Phi) is 4.71. The number of halogens is 1. The smallest absolute Gasteiger partial charge is 0.178 e. The van der Waals surface area contributed by atoms with E-state index in [1.54, 1.807) is 19.1 Å². The molecule has 1 unspecified atom stereocenters. The van der Waals surface area contributed by atoms with E-state index >= 15 is 0 Å². The van der Waals surface area contributed by atoms with Crippen LogP contribution in [0.5, 0.6) is 0 Å². The van der Waals surface area contributed by atoms with Gasteiger partial charge in [0.1, 0.15) is 0 Å². The third-order valence-corrected chi connectivity index (χ3v) is 5.42. The number of ether oxygens (including phenoxy) is 1. The molecule has 1 aromatic carbocycles. The van der Waals surface area contributed by atoms with Gasteiger partial charge in [-0.05, 0) is 24.3 Å². The van der Waals surface area contributed by atoms with Crippen LogP contribution in [-0.4, -0.2) is 45.9 Å². The lowest BCUT2D eigenvalue weighted by Gasteiger charge is -2.36. The highest BCUT2D eigenvalue weighted by Crippen LogP contribution is 2.22. The maximum atomic E-state index is 11.8. The van der Waals surface area contributed by atoms with Crippen molar-refractivity contribution in [1.82, 2.24) is 0 Å². The number of sulfone groups is 1. The van der Waals surface area contributed by atoms with E-state index in [1.165, 1.54) is 0 Å². The Morgan fingerprint density at radius 3 is 2.63 bits per heavy atom. The van der Waals surface area contributed by atoms with Crippen molar-refractivity contribution in [3.63, 3.8) is 0 Å². The Hall–Kier alpha value is -0.780. The van der Waals surface area contributed by atoms with Crippen LogP contribution < -0.4 is 4.90 Å². The average Bonchev–Trinajstić information content (AvgIpc) is 2.47. The van der Waals surface area contributed by atoms with Crippen LogP contribution in [-0.2, 0) is 14.6 Å². The molecular formula is C13H18ClNO3S.